The topological polar surface area (TPSA) is 155 Å². The molecule has 3 atom stereocenters. The summed E-state index contributed by atoms with van der Waals surface area (Å²) >= 11 is 0. The average molecular weight is 1120 g/mol. The van der Waals surface area contributed by atoms with Crippen molar-refractivity contribution in [2.24, 2.45) is 0 Å². The minimum Gasteiger partial charge on any atom is -0.462 e. The number of aliphatic hydroxyl groups is 1. The maximum atomic E-state index is 12.9. The summed E-state index contributed by atoms with van der Waals surface area (Å²) in [7, 11) is -4.76. The minimum absolute atomic E-state index is 0.143. The Hall–Kier alpha value is -2.56. The predicted octanol–water partition coefficient (Wildman–Crippen LogP) is 19.7. The van der Waals surface area contributed by atoms with Crippen molar-refractivity contribution in [3.63, 3.8) is 0 Å². The van der Waals surface area contributed by atoms with E-state index in [1.54, 1.807) is 0 Å². The van der Waals surface area contributed by atoms with E-state index in [1.165, 1.54) is 167 Å². The van der Waals surface area contributed by atoms with Crippen molar-refractivity contribution < 1.29 is 52.2 Å². The molecule has 0 spiro atoms. The summed E-state index contributed by atoms with van der Waals surface area (Å²) in [5, 5.41) is 9.85. The van der Waals surface area contributed by atoms with E-state index in [-0.39, 0.29) is 25.9 Å². The van der Waals surface area contributed by atoms with E-state index in [0.717, 1.165) is 89.9 Å². The van der Waals surface area contributed by atoms with E-state index in [9.17, 15) is 28.9 Å². The lowest BCUT2D eigenvalue weighted by atomic mass is 10.0. The lowest BCUT2D eigenvalue weighted by Gasteiger charge is -2.21. The molecule has 78 heavy (non-hydrogen) atoms. The monoisotopic (exact) mass is 1120 g/mol. The molecule has 456 valence electrons. The Labute approximate surface area is 479 Å². The van der Waals surface area contributed by atoms with Gasteiger partial charge in [-0.05, 0) is 57.8 Å². The van der Waals surface area contributed by atoms with Gasteiger partial charge in [-0.3, -0.25) is 23.4 Å². The van der Waals surface area contributed by atoms with Crippen LogP contribution in [0.2, 0.25) is 0 Å². The second-order valence-corrected chi connectivity index (χ2v) is 23.4. The predicted molar refractivity (Wildman–Crippen MR) is 325 cm³/mol. The van der Waals surface area contributed by atoms with Crippen LogP contribution in [0.3, 0.4) is 0 Å². The number of aliphatic hydroxyl groups excluding tert-OH is 1. The Kier molecular flexibility index (Phi) is 58.5. The fraction of sp³-hybridized carbons (Fsp3) is 0.833. The van der Waals surface area contributed by atoms with Gasteiger partial charge < -0.3 is 24.2 Å². The molecule has 0 aromatic rings. The van der Waals surface area contributed by atoms with Crippen molar-refractivity contribution >= 4 is 25.7 Å². The SMILES string of the molecule is CC/C=C\C/C=C\C/C=C\C/C=C\CCCCCCC(=O)OC(COC(=O)CCCCCCCCCCCCCCCCCCCCC)COP(=O)(O)OCC(CO)OC(=O)CCCCCCCCCCCCCCCCC. The summed E-state index contributed by atoms with van der Waals surface area (Å²) in [4.78, 5) is 48.7. The summed E-state index contributed by atoms with van der Waals surface area (Å²) in [5.41, 5.74) is 0. The summed E-state index contributed by atoms with van der Waals surface area (Å²) in [6, 6.07) is 0. The molecule has 3 unspecified atom stereocenters. The first-order valence-corrected chi connectivity index (χ1v) is 34.0. The zero-order valence-electron chi connectivity index (χ0n) is 50.6. The summed E-state index contributed by atoms with van der Waals surface area (Å²) < 4.78 is 39.7. The van der Waals surface area contributed by atoms with Crippen LogP contribution in [0.15, 0.2) is 48.6 Å². The van der Waals surface area contributed by atoms with Gasteiger partial charge in [-0.2, -0.15) is 0 Å². The molecule has 0 aromatic carbocycles. The van der Waals surface area contributed by atoms with Crippen LogP contribution >= 0.6 is 7.82 Å². The van der Waals surface area contributed by atoms with Crippen LogP contribution in [0, 0.1) is 0 Å². The largest absolute Gasteiger partial charge is 0.472 e. The number of carbonyl (C=O) groups is 3. The number of carbonyl (C=O) groups excluding carboxylic acids is 3. The number of ether oxygens (including phenoxy) is 3. The Bertz CT molecular complexity index is 1490. The molecule has 0 aliphatic carbocycles. The Balaban J connectivity index is 4.69. The van der Waals surface area contributed by atoms with Crippen LogP contribution in [0.4, 0.5) is 0 Å². The molecule has 0 aliphatic rings. The molecule has 11 nitrogen and oxygen atoms in total. The van der Waals surface area contributed by atoms with Gasteiger partial charge in [0.15, 0.2) is 6.10 Å². The summed E-state index contributed by atoms with van der Waals surface area (Å²) in [5.74, 6) is -1.47. The molecule has 0 aromatic heterocycles. The van der Waals surface area contributed by atoms with Gasteiger partial charge in [-0.25, -0.2) is 4.57 Å². The van der Waals surface area contributed by atoms with E-state index in [2.05, 4.69) is 69.4 Å². The highest BCUT2D eigenvalue weighted by Crippen LogP contribution is 2.43. The lowest BCUT2D eigenvalue weighted by Crippen LogP contribution is -2.30. The highest BCUT2D eigenvalue weighted by atomic mass is 31.2. The Morgan fingerprint density at radius 1 is 0.372 bits per heavy atom. The Morgan fingerprint density at radius 2 is 0.667 bits per heavy atom. The van der Waals surface area contributed by atoms with E-state index in [1.807, 2.05) is 0 Å². The van der Waals surface area contributed by atoms with E-state index in [4.69, 9.17) is 23.3 Å². The zero-order chi connectivity index (χ0) is 56.9. The molecule has 0 amide bonds. The van der Waals surface area contributed by atoms with Crippen molar-refractivity contribution in [3.05, 3.63) is 48.6 Å². The van der Waals surface area contributed by atoms with Gasteiger partial charge in [0.05, 0.1) is 19.8 Å². The number of hydrogen-bond donors (Lipinski definition) is 2. The molecule has 0 rings (SSSR count). The molecule has 0 heterocycles. The van der Waals surface area contributed by atoms with Crippen molar-refractivity contribution in [2.45, 2.75) is 328 Å². The van der Waals surface area contributed by atoms with Gasteiger partial charge in [-0.1, -0.05) is 288 Å². The second-order valence-electron chi connectivity index (χ2n) is 21.9. The van der Waals surface area contributed by atoms with E-state index in [0.29, 0.717) is 19.3 Å². The number of allylic oxidation sites excluding steroid dienone is 8. The third-order valence-corrected chi connectivity index (χ3v) is 15.2. The number of rotatable bonds is 61. The van der Waals surface area contributed by atoms with Crippen molar-refractivity contribution in [3.8, 4) is 0 Å². The molecule has 0 saturated heterocycles. The number of esters is 3. The van der Waals surface area contributed by atoms with Crippen molar-refractivity contribution in [1.82, 2.24) is 0 Å². The van der Waals surface area contributed by atoms with Crippen LogP contribution in [-0.2, 0) is 42.2 Å². The third kappa shape index (κ3) is 58.1. The highest BCUT2D eigenvalue weighted by Gasteiger charge is 2.28. The molecular formula is C66H121O11P. The molecule has 0 fully saturated rings. The Morgan fingerprint density at radius 3 is 1.03 bits per heavy atom. The van der Waals surface area contributed by atoms with Crippen LogP contribution in [0.5, 0.6) is 0 Å². The van der Waals surface area contributed by atoms with Gasteiger partial charge in [0.1, 0.15) is 12.7 Å². The maximum absolute atomic E-state index is 12.9. The number of phosphoric acid groups is 1. The fourth-order valence-electron chi connectivity index (χ4n) is 9.35. The summed E-state index contributed by atoms with van der Waals surface area (Å²) in [6.45, 7) is 4.58. The van der Waals surface area contributed by atoms with Crippen LogP contribution in [0.25, 0.3) is 0 Å². The van der Waals surface area contributed by atoms with Crippen molar-refractivity contribution in [1.29, 1.82) is 0 Å². The first-order valence-electron chi connectivity index (χ1n) is 32.5. The number of unbranched alkanes of at least 4 members (excludes halogenated alkanes) is 36. The van der Waals surface area contributed by atoms with E-state index < -0.39 is 57.8 Å². The first kappa shape index (κ1) is 75.4. The smallest absolute Gasteiger partial charge is 0.462 e. The van der Waals surface area contributed by atoms with Gasteiger partial charge in [0, 0.05) is 19.3 Å². The van der Waals surface area contributed by atoms with Crippen LogP contribution < -0.4 is 0 Å². The fourth-order valence-corrected chi connectivity index (χ4v) is 10.1. The first-order chi connectivity index (χ1) is 38.2. The molecule has 0 bridgehead atoms. The van der Waals surface area contributed by atoms with Gasteiger partial charge in [0.25, 0.3) is 0 Å². The average Bonchev–Trinajstić information content (AvgIpc) is 3.43. The van der Waals surface area contributed by atoms with E-state index >= 15 is 0 Å². The molecule has 0 saturated carbocycles. The molecule has 2 N–H and O–H groups in total. The highest BCUT2D eigenvalue weighted by molar-refractivity contribution is 7.47. The normalized spacial score (nSPS) is 13.6. The molecule has 12 heteroatoms. The van der Waals surface area contributed by atoms with Gasteiger partial charge >= 0.3 is 25.7 Å². The van der Waals surface area contributed by atoms with Gasteiger partial charge in [0.2, 0.25) is 0 Å². The van der Waals surface area contributed by atoms with Crippen LogP contribution in [-0.4, -0.2) is 66.5 Å². The number of hydrogen-bond acceptors (Lipinski definition) is 10. The van der Waals surface area contributed by atoms with Gasteiger partial charge in [-0.15, -0.1) is 0 Å². The lowest BCUT2D eigenvalue weighted by molar-refractivity contribution is -0.161. The quantitative estimate of drug-likeness (QED) is 0.0197. The standard InChI is InChI=1S/C66H121O11P/c1-4-7-10-13-16-19-22-25-28-30-31-33-35-37-40-43-46-49-52-55-64(68)73-59-63(77-66(70)57-54-51-48-45-42-39-36-32-29-26-23-20-17-14-11-8-5-2)61-75-78(71,72)74-60-62(58-67)76-65(69)56-53-50-47-44-41-38-34-27-24-21-18-15-12-9-6-3/h8,11,17,20,26,29,36,39,62-63,67H,4-7,9-10,12-16,18-19,21-25,27-28,30-35,37-38,40-61H2,1-3H3,(H,71,72)/b11-8-,20-17-,29-26-,39-36-. The second kappa shape index (κ2) is 60.5. The molecular weight excluding hydrogens is 1000 g/mol. The maximum Gasteiger partial charge on any atom is 0.472 e. The molecule has 0 aliphatic heterocycles. The number of phosphoric ester groups is 1. The molecule has 0 radical (unpaired) electrons. The zero-order valence-corrected chi connectivity index (χ0v) is 51.5. The minimum atomic E-state index is -4.76. The van der Waals surface area contributed by atoms with Crippen LogP contribution in [0.1, 0.15) is 316 Å². The summed E-state index contributed by atoms with van der Waals surface area (Å²) in [6.07, 6.45) is 66.3. The third-order valence-electron chi connectivity index (χ3n) is 14.3. The van der Waals surface area contributed by atoms with Crippen molar-refractivity contribution in [2.75, 3.05) is 26.4 Å².